The molecule has 0 radical (unpaired) electrons. The molecule has 1 N–H and O–H groups in total. The summed E-state index contributed by atoms with van der Waals surface area (Å²) in [5.41, 5.74) is 0. The number of hydrogen-bond donors (Lipinski definition) is 1. The monoisotopic (exact) mass is 244 g/mol. The third kappa shape index (κ3) is 4.26. The lowest BCUT2D eigenvalue weighted by Crippen LogP contribution is -2.48. The second kappa shape index (κ2) is 7.07. The molecule has 2 unspecified atom stereocenters. The number of thiocarbonyl (C=S) groups is 1. The summed E-state index contributed by atoms with van der Waals surface area (Å²) in [6.45, 7) is 7.27. The first kappa shape index (κ1) is 13.7. The summed E-state index contributed by atoms with van der Waals surface area (Å²) < 4.78 is 5.09. The van der Waals surface area contributed by atoms with Gasteiger partial charge >= 0.3 is 0 Å². The summed E-state index contributed by atoms with van der Waals surface area (Å²) in [6, 6.07) is 0.291. The van der Waals surface area contributed by atoms with Crippen molar-refractivity contribution in [1.29, 1.82) is 0 Å². The highest BCUT2D eigenvalue weighted by Gasteiger charge is 2.20. The molecule has 1 fully saturated rings. The highest BCUT2D eigenvalue weighted by molar-refractivity contribution is 7.80. The van der Waals surface area contributed by atoms with E-state index in [1.165, 1.54) is 19.3 Å². The fourth-order valence-corrected chi connectivity index (χ4v) is 2.54. The number of nitrogens with one attached hydrogen (secondary N) is 1. The van der Waals surface area contributed by atoms with Gasteiger partial charge in [0.25, 0.3) is 0 Å². The van der Waals surface area contributed by atoms with Gasteiger partial charge in [0, 0.05) is 26.2 Å². The Morgan fingerprint density at radius 3 is 3.00 bits per heavy atom. The third-order valence-electron chi connectivity index (χ3n) is 3.17. The molecule has 0 amide bonds. The zero-order valence-corrected chi connectivity index (χ0v) is 11.5. The van der Waals surface area contributed by atoms with Crippen molar-refractivity contribution in [2.75, 3.05) is 26.8 Å². The molecule has 0 spiro atoms. The maximum atomic E-state index is 5.42. The number of piperidine rings is 1. The van der Waals surface area contributed by atoms with Gasteiger partial charge in [-0.15, -0.1) is 0 Å². The first-order valence-corrected chi connectivity index (χ1v) is 6.62. The van der Waals surface area contributed by atoms with Gasteiger partial charge in [0.2, 0.25) is 0 Å². The SMILES string of the molecule is CCC1CCCN(C(=S)NC(C)COC)C1. The van der Waals surface area contributed by atoms with Gasteiger partial charge < -0.3 is 15.0 Å². The van der Waals surface area contributed by atoms with E-state index in [9.17, 15) is 0 Å². The fraction of sp³-hybridized carbons (Fsp3) is 0.917. The topological polar surface area (TPSA) is 24.5 Å². The second-order valence-electron chi connectivity index (χ2n) is 4.67. The Kier molecular flexibility index (Phi) is 6.06. The van der Waals surface area contributed by atoms with Crippen molar-refractivity contribution in [3.8, 4) is 0 Å². The molecular weight excluding hydrogens is 220 g/mol. The number of methoxy groups -OCH3 is 1. The number of nitrogens with zero attached hydrogens (tertiary/aromatic N) is 1. The first-order valence-electron chi connectivity index (χ1n) is 6.21. The summed E-state index contributed by atoms with van der Waals surface area (Å²) in [6.07, 6.45) is 3.87. The Morgan fingerprint density at radius 1 is 1.62 bits per heavy atom. The van der Waals surface area contributed by atoms with E-state index in [1.54, 1.807) is 7.11 Å². The quantitative estimate of drug-likeness (QED) is 0.765. The fourth-order valence-electron chi connectivity index (χ4n) is 2.18. The molecule has 1 aliphatic rings. The van der Waals surface area contributed by atoms with Crippen LogP contribution in [0.15, 0.2) is 0 Å². The van der Waals surface area contributed by atoms with E-state index in [1.807, 2.05) is 0 Å². The Labute approximate surface area is 105 Å². The van der Waals surface area contributed by atoms with Gasteiger partial charge in [0.1, 0.15) is 0 Å². The van der Waals surface area contributed by atoms with Gasteiger partial charge in [0.05, 0.1) is 6.61 Å². The molecule has 0 aliphatic carbocycles. The molecular formula is C12H24N2OS. The zero-order valence-electron chi connectivity index (χ0n) is 10.7. The van der Waals surface area contributed by atoms with Crippen LogP contribution in [0, 0.1) is 5.92 Å². The lowest BCUT2D eigenvalue weighted by Gasteiger charge is -2.35. The molecule has 94 valence electrons. The summed E-state index contributed by atoms with van der Waals surface area (Å²) in [5, 5.41) is 4.22. The minimum atomic E-state index is 0.291. The van der Waals surface area contributed by atoms with E-state index in [0.717, 1.165) is 24.1 Å². The maximum Gasteiger partial charge on any atom is 0.169 e. The number of hydrogen-bond acceptors (Lipinski definition) is 2. The van der Waals surface area contributed by atoms with E-state index >= 15 is 0 Å². The molecule has 1 aliphatic heterocycles. The minimum absolute atomic E-state index is 0.291. The average molecular weight is 244 g/mol. The summed E-state index contributed by atoms with van der Waals surface area (Å²) in [7, 11) is 1.72. The molecule has 1 heterocycles. The van der Waals surface area contributed by atoms with Crippen molar-refractivity contribution in [3.63, 3.8) is 0 Å². The van der Waals surface area contributed by atoms with Crippen molar-refractivity contribution in [2.45, 2.75) is 39.2 Å². The Morgan fingerprint density at radius 2 is 2.38 bits per heavy atom. The van der Waals surface area contributed by atoms with E-state index in [0.29, 0.717) is 12.6 Å². The van der Waals surface area contributed by atoms with Crippen LogP contribution in [0.1, 0.15) is 33.1 Å². The Bertz CT molecular complexity index is 223. The molecule has 0 bridgehead atoms. The lowest BCUT2D eigenvalue weighted by molar-refractivity contribution is 0.176. The largest absolute Gasteiger partial charge is 0.383 e. The van der Waals surface area contributed by atoms with Crippen LogP contribution in [0.25, 0.3) is 0 Å². The van der Waals surface area contributed by atoms with Crippen LogP contribution in [-0.4, -0.2) is 42.9 Å². The highest BCUT2D eigenvalue weighted by atomic mass is 32.1. The average Bonchev–Trinajstić information content (AvgIpc) is 2.29. The van der Waals surface area contributed by atoms with Crippen LogP contribution in [0.4, 0.5) is 0 Å². The molecule has 0 saturated carbocycles. The van der Waals surface area contributed by atoms with Gasteiger partial charge in [-0.1, -0.05) is 13.3 Å². The van der Waals surface area contributed by atoms with Crippen LogP contribution < -0.4 is 5.32 Å². The van der Waals surface area contributed by atoms with Crippen LogP contribution >= 0.6 is 12.2 Å². The van der Waals surface area contributed by atoms with E-state index in [-0.39, 0.29) is 0 Å². The van der Waals surface area contributed by atoms with Gasteiger partial charge in [-0.25, -0.2) is 0 Å². The number of ether oxygens (including phenoxy) is 1. The molecule has 16 heavy (non-hydrogen) atoms. The van der Waals surface area contributed by atoms with Crippen LogP contribution in [0.5, 0.6) is 0 Å². The normalized spacial score (nSPS) is 22.9. The first-order chi connectivity index (χ1) is 7.67. The van der Waals surface area contributed by atoms with E-state index < -0.39 is 0 Å². The highest BCUT2D eigenvalue weighted by Crippen LogP contribution is 2.19. The predicted octanol–water partition coefficient (Wildman–Crippen LogP) is 2.02. The zero-order chi connectivity index (χ0) is 12.0. The van der Waals surface area contributed by atoms with Crippen LogP contribution in [0.2, 0.25) is 0 Å². The maximum absolute atomic E-state index is 5.42. The number of likely N-dealkylation sites (tertiary alicyclic amines) is 1. The van der Waals surface area contributed by atoms with Crippen LogP contribution in [0.3, 0.4) is 0 Å². The predicted molar refractivity (Wildman–Crippen MR) is 71.7 cm³/mol. The molecule has 0 aromatic rings. The lowest BCUT2D eigenvalue weighted by atomic mass is 9.96. The van der Waals surface area contributed by atoms with Crippen LogP contribution in [-0.2, 0) is 4.74 Å². The summed E-state index contributed by atoms with van der Waals surface area (Å²) in [4.78, 5) is 2.30. The van der Waals surface area contributed by atoms with E-state index in [4.69, 9.17) is 17.0 Å². The molecule has 3 nitrogen and oxygen atoms in total. The standard InChI is InChI=1S/C12H24N2OS/c1-4-11-6-5-7-14(8-11)12(16)13-10(2)9-15-3/h10-11H,4-9H2,1-3H3,(H,13,16). The van der Waals surface area contributed by atoms with Crippen molar-refractivity contribution >= 4 is 17.3 Å². The van der Waals surface area contributed by atoms with Gasteiger partial charge in [-0.3, -0.25) is 0 Å². The van der Waals surface area contributed by atoms with Gasteiger partial charge in [0.15, 0.2) is 5.11 Å². The summed E-state index contributed by atoms with van der Waals surface area (Å²) >= 11 is 5.42. The number of rotatable bonds is 4. The molecule has 0 aromatic heterocycles. The second-order valence-corrected chi connectivity index (χ2v) is 5.06. The Hall–Kier alpha value is -0.350. The molecule has 2 atom stereocenters. The van der Waals surface area contributed by atoms with Crippen molar-refractivity contribution in [3.05, 3.63) is 0 Å². The molecule has 1 saturated heterocycles. The van der Waals surface area contributed by atoms with Gasteiger partial charge in [-0.05, 0) is 37.9 Å². The van der Waals surface area contributed by atoms with Crippen molar-refractivity contribution < 1.29 is 4.74 Å². The molecule has 1 rings (SSSR count). The summed E-state index contributed by atoms with van der Waals surface area (Å²) in [5.74, 6) is 0.811. The van der Waals surface area contributed by atoms with E-state index in [2.05, 4.69) is 24.1 Å². The van der Waals surface area contributed by atoms with Crippen molar-refractivity contribution in [1.82, 2.24) is 10.2 Å². The van der Waals surface area contributed by atoms with Crippen molar-refractivity contribution in [2.24, 2.45) is 5.92 Å². The van der Waals surface area contributed by atoms with Gasteiger partial charge in [-0.2, -0.15) is 0 Å². The smallest absolute Gasteiger partial charge is 0.169 e. The molecule has 4 heteroatoms. The third-order valence-corrected chi connectivity index (χ3v) is 3.55. The minimum Gasteiger partial charge on any atom is -0.383 e. The Balaban J connectivity index is 2.35. The molecule has 0 aromatic carbocycles.